The lowest BCUT2D eigenvalue weighted by atomic mass is 9.79. The molecule has 1 N–H and O–H groups in total. The summed E-state index contributed by atoms with van der Waals surface area (Å²) in [4.78, 5) is 0. The first kappa shape index (κ1) is 26.2. The Balaban J connectivity index is 1.05. The molecule has 0 fully saturated rings. The summed E-state index contributed by atoms with van der Waals surface area (Å²) in [6.45, 7) is 4.71. The van der Waals surface area contributed by atoms with Gasteiger partial charge >= 0.3 is 0 Å². The highest BCUT2D eigenvalue weighted by Crippen LogP contribution is 2.52. The van der Waals surface area contributed by atoms with Crippen molar-refractivity contribution in [3.63, 3.8) is 0 Å². The molecular weight excluding hydrogens is 563 g/mol. The van der Waals surface area contributed by atoms with Crippen molar-refractivity contribution in [1.29, 1.82) is 0 Å². The Kier molecular flexibility index (Phi) is 5.78. The van der Waals surface area contributed by atoms with Crippen LogP contribution in [0.1, 0.15) is 25.0 Å². The van der Waals surface area contributed by atoms with Gasteiger partial charge in [-0.05, 0) is 79.5 Å². The Morgan fingerprint density at radius 3 is 2.07 bits per heavy atom. The molecule has 0 saturated carbocycles. The van der Waals surface area contributed by atoms with Gasteiger partial charge in [0.1, 0.15) is 0 Å². The van der Waals surface area contributed by atoms with Crippen molar-refractivity contribution in [3.05, 3.63) is 157 Å². The van der Waals surface area contributed by atoms with E-state index in [1.807, 2.05) is 11.3 Å². The quantitative estimate of drug-likeness (QED) is 0.214. The molecule has 0 unspecified atom stereocenters. The highest BCUT2D eigenvalue weighted by Gasteiger charge is 2.37. The lowest BCUT2D eigenvalue weighted by Crippen LogP contribution is -2.16. The minimum absolute atomic E-state index is 0.0495. The van der Waals surface area contributed by atoms with Gasteiger partial charge in [0, 0.05) is 37.0 Å². The van der Waals surface area contributed by atoms with Crippen LogP contribution in [0.5, 0.6) is 0 Å². The van der Waals surface area contributed by atoms with Crippen LogP contribution in [0.25, 0.3) is 64.3 Å². The third-order valence-corrected chi connectivity index (χ3v) is 10.9. The molecule has 0 radical (unpaired) electrons. The van der Waals surface area contributed by atoms with Gasteiger partial charge in [-0.2, -0.15) is 0 Å². The fourth-order valence-corrected chi connectivity index (χ4v) is 8.88. The molecule has 7 aromatic carbocycles. The van der Waals surface area contributed by atoms with Gasteiger partial charge in [0.25, 0.3) is 0 Å². The molecule has 45 heavy (non-hydrogen) atoms. The maximum atomic E-state index is 3.68. The number of benzene rings is 7. The minimum atomic E-state index is -0.0495. The Bertz CT molecular complexity index is 2430. The van der Waals surface area contributed by atoms with Crippen LogP contribution in [-0.2, 0) is 5.41 Å². The first-order valence-electron chi connectivity index (χ1n) is 15.6. The molecule has 1 nitrogen and oxygen atoms in total. The zero-order valence-electron chi connectivity index (χ0n) is 25.3. The van der Waals surface area contributed by atoms with E-state index in [4.69, 9.17) is 0 Å². The number of nitrogens with one attached hydrogen (secondary N) is 1. The van der Waals surface area contributed by atoms with Crippen molar-refractivity contribution in [2.75, 3.05) is 5.32 Å². The normalized spacial score (nSPS) is 13.3. The Hall–Kier alpha value is -5.18. The second kappa shape index (κ2) is 9.92. The predicted molar refractivity (Wildman–Crippen MR) is 195 cm³/mol. The Labute approximate surface area is 267 Å². The van der Waals surface area contributed by atoms with Gasteiger partial charge < -0.3 is 5.32 Å². The van der Waals surface area contributed by atoms with Crippen molar-refractivity contribution in [2.45, 2.75) is 19.3 Å². The molecule has 1 aliphatic rings. The van der Waals surface area contributed by atoms with E-state index in [1.54, 1.807) is 0 Å². The summed E-state index contributed by atoms with van der Waals surface area (Å²) < 4.78 is 2.71. The maximum absolute atomic E-state index is 3.68. The molecule has 0 spiro atoms. The molecule has 0 atom stereocenters. The molecule has 0 aliphatic heterocycles. The largest absolute Gasteiger partial charge is 0.356 e. The summed E-state index contributed by atoms with van der Waals surface area (Å²) in [6, 6.07) is 53.3. The van der Waals surface area contributed by atoms with Crippen molar-refractivity contribution < 1.29 is 0 Å². The summed E-state index contributed by atoms with van der Waals surface area (Å²) in [7, 11) is 0. The first-order valence-corrected chi connectivity index (χ1v) is 16.4. The van der Waals surface area contributed by atoms with E-state index in [2.05, 4.69) is 165 Å². The van der Waals surface area contributed by atoms with E-state index in [1.165, 1.54) is 75.5 Å². The molecule has 1 aromatic heterocycles. The van der Waals surface area contributed by atoms with E-state index < -0.39 is 0 Å². The van der Waals surface area contributed by atoms with E-state index in [9.17, 15) is 0 Å². The van der Waals surface area contributed by atoms with E-state index in [0.717, 1.165) is 11.4 Å². The van der Waals surface area contributed by atoms with Crippen molar-refractivity contribution in [3.8, 4) is 33.4 Å². The average Bonchev–Trinajstić information content (AvgIpc) is 3.58. The first-order chi connectivity index (χ1) is 22.1. The molecule has 0 saturated heterocycles. The highest BCUT2D eigenvalue weighted by molar-refractivity contribution is 7.27. The number of hydrogen-bond acceptors (Lipinski definition) is 2. The monoisotopic (exact) mass is 593 g/mol. The number of rotatable bonds is 4. The highest BCUT2D eigenvalue weighted by atomic mass is 32.1. The van der Waals surface area contributed by atoms with Crippen LogP contribution < -0.4 is 5.32 Å². The molecule has 8 aromatic rings. The molecule has 214 valence electrons. The lowest BCUT2D eigenvalue weighted by Gasteiger charge is -2.24. The SMILES string of the molecule is CC1(C)c2ccccc2-c2cccc(-c3cccc(Nc4ccc(-c5cccc6c5sc5c7ccccc7ccc65)cc4)c3)c21. The summed E-state index contributed by atoms with van der Waals surface area (Å²) >= 11 is 1.91. The smallest absolute Gasteiger partial charge is 0.0434 e. The summed E-state index contributed by atoms with van der Waals surface area (Å²) in [6.07, 6.45) is 0. The molecule has 0 amide bonds. The predicted octanol–water partition coefficient (Wildman–Crippen LogP) is 12.6. The van der Waals surface area contributed by atoms with Gasteiger partial charge in [-0.3, -0.25) is 0 Å². The van der Waals surface area contributed by atoms with Crippen LogP contribution in [0.2, 0.25) is 0 Å². The maximum Gasteiger partial charge on any atom is 0.0434 e. The van der Waals surface area contributed by atoms with Crippen molar-refractivity contribution >= 4 is 53.7 Å². The molecule has 0 bridgehead atoms. The summed E-state index contributed by atoms with van der Waals surface area (Å²) in [5.74, 6) is 0. The van der Waals surface area contributed by atoms with Crippen LogP contribution in [0.3, 0.4) is 0 Å². The topological polar surface area (TPSA) is 12.0 Å². The zero-order valence-corrected chi connectivity index (χ0v) is 26.1. The Morgan fingerprint density at radius 1 is 0.467 bits per heavy atom. The van der Waals surface area contributed by atoms with Crippen LogP contribution in [0, 0.1) is 0 Å². The number of hydrogen-bond donors (Lipinski definition) is 1. The molecular formula is C43H31NS. The molecule has 1 heterocycles. The second-order valence-electron chi connectivity index (χ2n) is 12.6. The van der Waals surface area contributed by atoms with E-state index in [0.29, 0.717) is 0 Å². The number of thiophene rings is 1. The van der Waals surface area contributed by atoms with Gasteiger partial charge in [0.15, 0.2) is 0 Å². The molecule has 9 rings (SSSR count). The fraction of sp³-hybridized carbons (Fsp3) is 0.0698. The summed E-state index contributed by atoms with van der Waals surface area (Å²) in [5, 5.41) is 8.97. The minimum Gasteiger partial charge on any atom is -0.356 e. The second-order valence-corrected chi connectivity index (χ2v) is 13.7. The molecule has 1 aliphatic carbocycles. The van der Waals surface area contributed by atoms with Crippen LogP contribution in [0.15, 0.2) is 146 Å². The van der Waals surface area contributed by atoms with Gasteiger partial charge in [0.2, 0.25) is 0 Å². The van der Waals surface area contributed by atoms with Gasteiger partial charge in [0.05, 0.1) is 0 Å². The standard InChI is InChI=1S/C43H31NS/c1-43(2)39-19-6-5-14-35(39)36-17-8-15-32(40(36)43)29-11-7-12-31(26-29)44-30-23-20-28(21-24-30)34-16-9-18-37-38-25-22-27-10-3-4-13-33(27)42(38)45-41(34)37/h3-26,44H,1-2H3. The van der Waals surface area contributed by atoms with Crippen LogP contribution >= 0.6 is 11.3 Å². The van der Waals surface area contributed by atoms with Gasteiger partial charge in [-0.15, -0.1) is 11.3 Å². The fourth-order valence-electron chi connectivity index (χ4n) is 7.51. The third kappa shape index (κ3) is 4.06. The number of fused-ring (bicyclic) bond motifs is 8. The van der Waals surface area contributed by atoms with Gasteiger partial charge in [-0.1, -0.05) is 135 Å². The number of anilines is 2. The van der Waals surface area contributed by atoms with Crippen molar-refractivity contribution in [2.24, 2.45) is 0 Å². The molecule has 2 heteroatoms. The average molecular weight is 594 g/mol. The third-order valence-electron chi connectivity index (χ3n) is 9.63. The summed E-state index contributed by atoms with van der Waals surface area (Å²) in [5.41, 5.74) is 12.7. The zero-order chi connectivity index (χ0) is 30.1. The van der Waals surface area contributed by atoms with Crippen molar-refractivity contribution in [1.82, 2.24) is 0 Å². The van der Waals surface area contributed by atoms with E-state index >= 15 is 0 Å². The van der Waals surface area contributed by atoms with Gasteiger partial charge in [-0.25, -0.2) is 0 Å². The van der Waals surface area contributed by atoms with E-state index in [-0.39, 0.29) is 5.41 Å². The van der Waals surface area contributed by atoms with Crippen LogP contribution in [-0.4, -0.2) is 0 Å². The lowest BCUT2D eigenvalue weighted by molar-refractivity contribution is 0.662. The van der Waals surface area contributed by atoms with Crippen LogP contribution in [0.4, 0.5) is 11.4 Å². The Morgan fingerprint density at radius 2 is 1.16 bits per heavy atom.